The van der Waals surface area contributed by atoms with Gasteiger partial charge < -0.3 is 5.32 Å². The van der Waals surface area contributed by atoms with E-state index in [9.17, 15) is 4.79 Å². The first-order valence-corrected chi connectivity index (χ1v) is 7.83. The van der Waals surface area contributed by atoms with Crippen LogP contribution in [0.3, 0.4) is 0 Å². The van der Waals surface area contributed by atoms with Gasteiger partial charge in [-0.3, -0.25) is 4.79 Å². The number of carbonyl (C=O) groups excluding carboxylic acids is 1. The van der Waals surface area contributed by atoms with Crippen molar-refractivity contribution < 1.29 is 4.79 Å². The second-order valence-electron chi connectivity index (χ2n) is 4.00. The number of aryl methyl sites for hydroxylation is 1. The Labute approximate surface area is 134 Å². The number of rotatable bonds is 3. The van der Waals surface area contributed by atoms with Crippen LogP contribution in [0.4, 0.5) is 5.00 Å². The van der Waals surface area contributed by atoms with Crippen molar-refractivity contribution in [1.82, 2.24) is 0 Å². The number of nitrogens with zero attached hydrogens (tertiary/aromatic N) is 1. The number of nitrogens with one attached hydrogen (secondary N) is 1. The van der Waals surface area contributed by atoms with E-state index in [1.54, 1.807) is 24.3 Å². The molecule has 0 fully saturated rings. The molecule has 0 unspecified atom stereocenters. The average molecular weight is 370 g/mol. The van der Waals surface area contributed by atoms with Crippen LogP contribution in [-0.4, -0.2) is 5.91 Å². The standard InChI is InChI=1S/C14H10BrClN2OS/c1-2-10-5-9(7-17)14(20-10)18-13(19)8-3-4-11(15)12(16)6-8/h3-6H,2H2,1H3,(H,18,19). The molecule has 102 valence electrons. The maximum atomic E-state index is 12.2. The summed E-state index contributed by atoms with van der Waals surface area (Å²) < 4.78 is 0.734. The lowest BCUT2D eigenvalue weighted by molar-refractivity contribution is 0.102. The van der Waals surface area contributed by atoms with E-state index in [0.29, 0.717) is 21.2 Å². The van der Waals surface area contributed by atoms with Gasteiger partial charge in [0.1, 0.15) is 11.1 Å². The predicted octanol–water partition coefficient (Wildman–Crippen LogP) is 4.85. The molecule has 2 aromatic rings. The molecule has 0 spiro atoms. The van der Waals surface area contributed by atoms with Crippen LogP contribution in [-0.2, 0) is 6.42 Å². The zero-order valence-electron chi connectivity index (χ0n) is 10.5. The fourth-order valence-electron chi connectivity index (χ4n) is 1.60. The van der Waals surface area contributed by atoms with Gasteiger partial charge in [-0.05, 0) is 46.6 Å². The van der Waals surface area contributed by atoms with Crippen LogP contribution < -0.4 is 5.32 Å². The molecule has 1 N–H and O–H groups in total. The molecular weight excluding hydrogens is 360 g/mol. The number of carbonyl (C=O) groups is 1. The molecule has 1 amide bonds. The maximum absolute atomic E-state index is 12.2. The molecule has 0 bridgehead atoms. The summed E-state index contributed by atoms with van der Waals surface area (Å²) in [7, 11) is 0. The van der Waals surface area contributed by atoms with Gasteiger partial charge in [-0.15, -0.1) is 11.3 Å². The topological polar surface area (TPSA) is 52.9 Å². The molecule has 2 rings (SSSR count). The van der Waals surface area contributed by atoms with Crippen LogP contribution in [0.1, 0.15) is 27.7 Å². The van der Waals surface area contributed by atoms with Crippen molar-refractivity contribution in [2.24, 2.45) is 0 Å². The zero-order valence-corrected chi connectivity index (χ0v) is 13.7. The number of thiophene rings is 1. The summed E-state index contributed by atoms with van der Waals surface area (Å²) in [5.74, 6) is -0.277. The van der Waals surface area contributed by atoms with Gasteiger partial charge in [-0.2, -0.15) is 5.26 Å². The molecule has 0 saturated carbocycles. The normalized spacial score (nSPS) is 10.1. The van der Waals surface area contributed by atoms with Gasteiger partial charge in [0, 0.05) is 14.9 Å². The Morgan fingerprint density at radius 1 is 1.50 bits per heavy atom. The molecule has 1 aromatic carbocycles. The fraction of sp³-hybridized carbons (Fsp3) is 0.143. The van der Waals surface area contributed by atoms with Gasteiger partial charge in [-0.1, -0.05) is 18.5 Å². The number of benzene rings is 1. The third kappa shape index (κ3) is 3.21. The molecule has 0 aliphatic rings. The largest absolute Gasteiger partial charge is 0.312 e. The van der Waals surface area contributed by atoms with Crippen molar-refractivity contribution in [3.8, 4) is 6.07 Å². The fourth-order valence-corrected chi connectivity index (χ4v) is 2.97. The molecule has 20 heavy (non-hydrogen) atoms. The summed E-state index contributed by atoms with van der Waals surface area (Å²) in [6.07, 6.45) is 0.833. The molecule has 0 saturated heterocycles. The van der Waals surface area contributed by atoms with Crippen LogP contribution >= 0.6 is 38.9 Å². The Kier molecular flexibility index (Phi) is 4.81. The lowest BCUT2D eigenvalue weighted by Gasteiger charge is -2.04. The van der Waals surface area contributed by atoms with E-state index in [1.807, 2.05) is 6.92 Å². The summed E-state index contributed by atoms with van der Waals surface area (Å²) in [5, 5.41) is 12.9. The van der Waals surface area contributed by atoms with E-state index in [1.165, 1.54) is 11.3 Å². The highest BCUT2D eigenvalue weighted by atomic mass is 79.9. The lowest BCUT2D eigenvalue weighted by atomic mass is 10.2. The van der Waals surface area contributed by atoms with Gasteiger partial charge in [0.2, 0.25) is 0 Å². The predicted molar refractivity (Wildman–Crippen MR) is 85.5 cm³/mol. The Morgan fingerprint density at radius 3 is 2.85 bits per heavy atom. The Bertz CT molecular complexity index is 706. The number of hydrogen-bond acceptors (Lipinski definition) is 3. The van der Waals surface area contributed by atoms with Crippen LogP contribution in [0.25, 0.3) is 0 Å². The summed E-state index contributed by atoms with van der Waals surface area (Å²) in [6, 6.07) is 8.86. The van der Waals surface area contributed by atoms with E-state index in [4.69, 9.17) is 16.9 Å². The van der Waals surface area contributed by atoms with Gasteiger partial charge in [0.15, 0.2) is 0 Å². The SMILES string of the molecule is CCc1cc(C#N)c(NC(=O)c2ccc(Br)c(Cl)c2)s1. The Morgan fingerprint density at radius 2 is 2.25 bits per heavy atom. The third-order valence-electron chi connectivity index (χ3n) is 2.66. The highest BCUT2D eigenvalue weighted by Gasteiger charge is 2.13. The average Bonchev–Trinajstić information content (AvgIpc) is 2.84. The van der Waals surface area contributed by atoms with Crippen molar-refractivity contribution in [3.63, 3.8) is 0 Å². The van der Waals surface area contributed by atoms with Gasteiger partial charge >= 0.3 is 0 Å². The first-order chi connectivity index (χ1) is 9.55. The highest BCUT2D eigenvalue weighted by molar-refractivity contribution is 9.10. The summed E-state index contributed by atoms with van der Waals surface area (Å²) in [4.78, 5) is 13.2. The summed E-state index contributed by atoms with van der Waals surface area (Å²) >= 11 is 10.7. The quantitative estimate of drug-likeness (QED) is 0.840. The van der Waals surface area contributed by atoms with Crippen LogP contribution in [0.5, 0.6) is 0 Å². The van der Waals surface area contributed by atoms with Crippen molar-refractivity contribution >= 4 is 49.8 Å². The molecule has 0 aliphatic carbocycles. The number of halogens is 2. The Balaban J connectivity index is 2.25. The minimum Gasteiger partial charge on any atom is -0.312 e. The van der Waals surface area contributed by atoms with Crippen molar-refractivity contribution in [2.45, 2.75) is 13.3 Å². The zero-order chi connectivity index (χ0) is 14.7. The van der Waals surface area contributed by atoms with Crippen LogP contribution in [0, 0.1) is 11.3 Å². The Hall–Kier alpha value is -1.35. The van der Waals surface area contributed by atoms with Crippen molar-refractivity contribution in [2.75, 3.05) is 5.32 Å². The molecule has 1 heterocycles. The smallest absolute Gasteiger partial charge is 0.256 e. The van der Waals surface area contributed by atoms with E-state index < -0.39 is 0 Å². The minimum atomic E-state index is -0.277. The van der Waals surface area contributed by atoms with Gasteiger partial charge in [0.05, 0.1) is 10.6 Å². The van der Waals surface area contributed by atoms with Gasteiger partial charge in [-0.25, -0.2) is 0 Å². The van der Waals surface area contributed by atoms with Crippen LogP contribution in [0.2, 0.25) is 5.02 Å². The molecule has 0 radical (unpaired) electrons. The molecule has 0 atom stereocenters. The van der Waals surface area contributed by atoms with E-state index >= 15 is 0 Å². The summed E-state index contributed by atoms with van der Waals surface area (Å²) in [5.41, 5.74) is 0.942. The number of amides is 1. The molecular formula is C14H10BrClN2OS. The maximum Gasteiger partial charge on any atom is 0.256 e. The summed E-state index contributed by atoms with van der Waals surface area (Å²) in [6.45, 7) is 2.01. The number of anilines is 1. The first-order valence-electron chi connectivity index (χ1n) is 5.84. The van der Waals surface area contributed by atoms with Gasteiger partial charge in [0.25, 0.3) is 5.91 Å². The number of hydrogen-bond donors (Lipinski definition) is 1. The molecule has 0 aliphatic heterocycles. The van der Waals surface area contributed by atoms with E-state index in [2.05, 4.69) is 27.3 Å². The molecule has 3 nitrogen and oxygen atoms in total. The van der Waals surface area contributed by atoms with Crippen LogP contribution in [0.15, 0.2) is 28.7 Å². The third-order valence-corrected chi connectivity index (χ3v) is 5.09. The van der Waals surface area contributed by atoms with E-state index in [-0.39, 0.29) is 5.91 Å². The molecule has 6 heteroatoms. The van der Waals surface area contributed by atoms with Crippen molar-refractivity contribution in [3.05, 3.63) is 49.8 Å². The van der Waals surface area contributed by atoms with Crippen molar-refractivity contribution in [1.29, 1.82) is 5.26 Å². The van der Waals surface area contributed by atoms with E-state index in [0.717, 1.165) is 15.8 Å². The molecule has 1 aromatic heterocycles. The minimum absolute atomic E-state index is 0.277. The lowest BCUT2D eigenvalue weighted by Crippen LogP contribution is -2.11. The highest BCUT2D eigenvalue weighted by Crippen LogP contribution is 2.29. The monoisotopic (exact) mass is 368 g/mol. The number of nitriles is 1. The first kappa shape index (κ1) is 15.0. The second kappa shape index (κ2) is 6.40. The second-order valence-corrected chi connectivity index (χ2v) is 6.40.